The molecule has 9 heteroatoms. The molecule has 2 amide bonds. The molecule has 0 radical (unpaired) electrons. The maximum Gasteiger partial charge on any atom is 0.407 e. The van der Waals surface area contributed by atoms with Gasteiger partial charge in [0, 0.05) is 13.0 Å². The molecule has 0 saturated heterocycles. The third-order valence-electron chi connectivity index (χ3n) is 4.23. The first kappa shape index (κ1) is 21.6. The van der Waals surface area contributed by atoms with Gasteiger partial charge in [0.05, 0.1) is 24.8 Å². The van der Waals surface area contributed by atoms with Gasteiger partial charge in [-0.05, 0) is 45.0 Å². The summed E-state index contributed by atoms with van der Waals surface area (Å²) in [6.45, 7) is 7.26. The van der Waals surface area contributed by atoms with Crippen molar-refractivity contribution in [3.05, 3.63) is 28.7 Å². The van der Waals surface area contributed by atoms with Crippen molar-refractivity contribution in [2.75, 3.05) is 19.7 Å². The summed E-state index contributed by atoms with van der Waals surface area (Å²) in [7, 11) is 0. The number of amides is 2. The van der Waals surface area contributed by atoms with Crippen molar-refractivity contribution in [2.24, 2.45) is 5.18 Å². The zero-order valence-corrected chi connectivity index (χ0v) is 16.6. The Labute approximate surface area is 164 Å². The highest BCUT2D eigenvalue weighted by molar-refractivity contribution is 5.99. The molecule has 0 bridgehead atoms. The quantitative estimate of drug-likeness (QED) is 0.743. The van der Waals surface area contributed by atoms with Crippen LogP contribution in [0, 0.1) is 4.91 Å². The summed E-state index contributed by atoms with van der Waals surface area (Å²) in [5.74, 6) is -0.270. The molecule has 1 aromatic carbocycles. The van der Waals surface area contributed by atoms with Gasteiger partial charge in [0.15, 0.2) is 11.4 Å². The van der Waals surface area contributed by atoms with Crippen molar-refractivity contribution >= 4 is 17.7 Å². The first-order valence-corrected chi connectivity index (χ1v) is 9.18. The molecule has 28 heavy (non-hydrogen) atoms. The third kappa shape index (κ3) is 5.41. The Balaban J connectivity index is 2.26. The van der Waals surface area contributed by atoms with E-state index in [1.54, 1.807) is 39.8 Å². The first-order chi connectivity index (χ1) is 13.2. The summed E-state index contributed by atoms with van der Waals surface area (Å²) in [6.07, 6.45) is -0.717. The average molecular weight is 393 g/mol. The van der Waals surface area contributed by atoms with Crippen LogP contribution in [-0.4, -0.2) is 59.5 Å². The number of carbonyl (C=O) groups is 2. The molecule has 2 rings (SSSR count). The second kappa shape index (κ2) is 9.01. The number of ether oxygens (including phenoxy) is 2. The van der Waals surface area contributed by atoms with Gasteiger partial charge in [0.2, 0.25) is 0 Å². The SMILES string of the molecule is C[C@@H](CO)N1CC[C@H](CNC(=O)OC(C)(C)C)Oc2c(N=O)cccc2C1=O. The number of nitroso groups, excluding NO2 is 1. The van der Waals surface area contributed by atoms with Crippen molar-refractivity contribution in [1.29, 1.82) is 0 Å². The average Bonchev–Trinajstić information content (AvgIpc) is 2.62. The molecule has 2 N–H and O–H groups in total. The zero-order valence-electron chi connectivity index (χ0n) is 16.6. The summed E-state index contributed by atoms with van der Waals surface area (Å²) < 4.78 is 11.1. The van der Waals surface area contributed by atoms with Crippen molar-refractivity contribution in [3.8, 4) is 5.75 Å². The predicted octanol–water partition coefficient (Wildman–Crippen LogP) is 2.58. The summed E-state index contributed by atoms with van der Waals surface area (Å²) in [5.41, 5.74) is -0.432. The number of benzene rings is 1. The second-order valence-electron chi connectivity index (χ2n) is 7.69. The number of aliphatic hydroxyl groups excluding tert-OH is 1. The van der Waals surface area contributed by atoms with Gasteiger partial charge in [-0.25, -0.2) is 4.79 Å². The molecule has 1 aromatic rings. The third-order valence-corrected chi connectivity index (χ3v) is 4.23. The number of rotatable bonds is 5. The molecule has 0 aliphatic carbocycles. The van der Waals surface area contributed by atoms with Gasteiger partial charge < -0.3 is 24.8 Å². The molecule has 9 nitrogen and oxygen atoms in total. The Morgan fingerprint density at radius 3 is 2.79 bits per heavy atom. The van der Waals surface area contributed by atoms with E-state index in [4.69, 9.17) is 9.47 Å². The highest BCUT2D eigenvalue weighted by atomic mass is 16.6. The maximum atomic E-state index is 12.9. The van der Waals surface area contributed by atoms with Crippen LogP contribution in [0.3, 0.4) is 0 Å². The molecule has 2 atom stereocenters. The van der Waals surface area contributed by atoms with Gasteiger partial charge in [-0.1, -0.05) is 6.07 Å². The number of alkyl carbamates (subject to hydrolysis) is 1. The Morgan fingerprint density at radius 1 is 1.46 bits per heavy atom. The van der Waals surface area contributed by atoms with Crippen LogP contribution in [0.4, 0.5) is 10.5 Å². The number of hydrogen-bond acceptors (Lipinski definition) is 7. The highest BCUT2D eigenvalue weighted by Crippen LogP contribution is 2.35. The smallest absolute Gasteiger partial charge is 0.407 e. The van der Waals surface area contributed by atoms with Gasteiger partial charge in [-0.3, -0.25) is 4.79 Å². The van der Waals surface area contributed by atoms with Crippen LogP contribution in [0.25, 0.3) is 0 Å². The fourth-order valence-corrected chi connectivity index (χ4v) is 2.83. The van der Waals surface area contributed by atoms with E-state index in [0.29, 0.717) is 13.0 Å². The number of carbonyl (C=O) groups excluding carboxylic acids is 2. The van der Waals surface area contributed by atoms with Gasteiger partial charge in [0.25, 0.3) is 5.91 Å². The molecule has 0 unspecified atom stereocenters. The molecule has 0 saturated carbocycles. The lowest BCUT2D eigenvalue weighted by Crippen LogP contribution is -2.46. The van der Waals surface area contributed by atoms with Crippen LogP contribution >= 0.6 is 0 Å². The van der Waals surface area contributed by atoms with Crippen LogP contribution in [0.5, 0.6) is 5.75 Å². The molecular weight excluding hydrogens is 366 g/mol. The van der Waals surface area contributed by atoms with Gasteiger partial charge in [-0.15, -0.1) is 4.91 Å². The molecule has 0 aromatic heterocycles. The van der Waals surface area contributed by atoms with Crippen LogP contribution in [0.15, 0.2) is 23.4 Å². The van der Waals surface area contributed by atoms with Crippen LogP contribution in [0.2, 0.25) is 0 Å². The van der Waals surface area contributed by atoms with Gasteiger partial charge >= 0.3 is 6.09 Å². The molecule has 1 aliphatic heterocycles. The second-order valence-corrected chi connectivity index (χ2v) is 7.69. The van der Waals surface area contributed by atoms with Crippen molar-refractivity contribution in [3.63, 3.8) is 0 Å². The predicted molar refractivity (Wildman–Crippen MR) is 103 cm³/mol. The minimum absolute atomic E-state index is 0.00613. The van der Waals surface area contributed by atoms with Crippen molar-refractivity contribution in [1.82, 2.24) is 10.2 Å². The normalized spacial score (nSPS) is 18.2. The topological polar surface area (TPSA) is 118 Å². The summed E-state index contributed by atoms with van der Waals surface area (Å²) in [5, 5.41) is 15.1. The van der Waals surface area contributed by atoms with E-state index in [1.807, 2.05) is 0 Å². The Bertz CT molecular complexity index is 731. The number of hydrogen-bond donors (Lipinski definition) is 2. The maximum absolute atomic E-state index is 12.9. The Morgan fingerprint density at radius 2 is 2.18 bits per heavy atom. The number of nitrogens with zero attached hydrogens (tertiary/aromatic N) is 2. The van der Waals surface area contributed by atoms with E-state index >= 15 is 0 Å². The highest BCUT2D eigenvalue weighted by Gasteiger charge is 2.31. The lowest BCUT2D eigenvalue weighted by atomic mass is 10.1. The molecule has 0 spiro atoms. The minimum atomic E-state index is -0.632. The summed E-state index contributed by atoms with van der Waals surface area (Å²) >= 11 is 0. The summed E-state index contributed by atoms with van der Waals surface area (Å²) in [4.78, 5) is 37.6. The van der Waals surface area contributed by atoms with E-state index in [2.05, 4.69) is 10.5 Å². The molecule has 1 aliphatic rings. The molecule has 0 fully saturated rings. The van der Waals surface area contributed by atoms with Gasteiger partial charge in [-0.2, -0.15) is 0 Å². The number of aliphatic hydroxyl groups is 1. The Kier molecular flexibility index (Phi) is 6.95. The molecular formula is C19H27N3O6. The van der Waals surface area contributed by atoms with Crippen LogP contribution < -0.4 is 10.1 Å². The van der Waals surface area contributed by atoms with Crippen LogP contribution in [-0.2, 0) is 4.74 Å². The van der Waals surface area contributed by atoms with E-state index in [9.17, 15) is 19.6 Å². The number of fused-ring (bicyclic) bond motifs is 1. The molecule has 154 valence electrons. The van der Waals surface area contributed by atoms with Gasteiger partial charge in [0.1, 0.15) is 11.7 Å². The van der Waals surface area contributed by atoms with E-state index in [1.165, 1.54) is 11.0 Å². The summed E-state index contributed by atoms with van der Waals surface area (Å²) in [6, 6.07) is 4.14. The van der Waals surface area contributed by atoms with E-state index in [0.717, 1.165) is 0 Å². The standard InChI is InChI=1S/C19H27N3O6/c1-12(11-23)22-9-8-13(10-20-18(25)28-19(2,3)4)27-16-14(17(22)24)6-5-7-15(16)21-26/h5-7,12-13,23H,8-11H2,1-4H3,(H,20,25)/t12-,13+/m0/s1. The van der Waals surface area contributed by atoms with E-state index < -0.39 is 23.8 Å². The number of para-hydroxylation sites is 1. The Hall–Kier alpha value is -2.68. The fraction of sp³-hybridized carbons (Fsp3) is 0.579. The number of nitrogens with one attached hydrogen (secondary N) is 1. The largest absolute Gasteiger partial charge is 0.485 e. The monoisotopic (exact) mass is 393 g/mol. The van der Waals surface area contributed by atoms with E-state index in [-0.39, 0.29) is 36.1 Å². The van der Waals surface area contributed by atoms with Crippen LogP contribution in [0.1, 0.15) is 44.5 Å². The van der Waals surface area contributed by atoms with Crippen molar-refractivity contribution < 1.29 is 24.2 Å². The lowest BCUT2D eigenvalue weighted by molar-refractivity contribution is 0.0449. The molecule has 1 heterocycles. The zero-order chi connectivity index (χ0) is 20.9. The van der Waals surface area contributed by atoms with Crippen molar-refractivity contribution in [2.45, 2.75) is 51.9 Å². The minimum Gasteiger partial charge on any atom is -0.485 e. The first-order valence-electron chi connectivity index (χ1n) is 9.18. The fourth-order valence-electron chi connectivity index (χ4n) is 2.83. The lowest BCUT2D eigenvalue weighted by Gasteiger charge is -2.33.